The van der Waals surface area contributed by atoms with E-state index < -0.39 is 23.6 Å². The number of carboxylic acid groups (broad SMARTS) is 1. The van der Waals surface area contributed by atoms with Gasteiger partial charge in [-0.2, -0.15) is 8.78 Å². The number of alkyl halides is 2. The highest BCUT2D eigenvalue weighted by Gasteiger charge is 2.44. The summed E-state index contributed by atoms with van der Waals surface area (Å²) in [5, 5.41) is 8.62. The van der Waals surface area contributed by atoms with Gasteiger partial charge in [0.1, 0.15) is 5.78 Å². The minimum Gasteiger partial charge on any atom is -0.481 e. The van der Waals surface area contributed by atoms with Crippen LogP contribution in [-0.4, -0.2) is 28.6 Å². The molecule has 3 atom stereocenters. The fraction of sp³-hybridized carbons (Fsp3) is 0.864. The second-order valence-electron chi connectivity index (χ2n) is 8.83. The van der Waals surface area contributed by atoms with Crippen molar-refractivity contribution < 1.29 is 28.3 Å². The summed E-state index contributed by atoms with van der Waals surface area (Å²) in [4.78, 5) is 34.8. The molecule has 6 heteroatoms. The largest absolute Gasteiger partial charge is 0.481 e. The lowest BCUT2D eigenvalue weighted by molar-refractivity contribution is -0.151. The van der Waals surface area contributed by atoms with Crippen molar-refractivity contribution in [2.75, 3.05) is 0 Å². The van der Waals surface area contributed by atoms with Gasteiger partial charge in [0.15, 0.2) is 0 Å². The quantitative estimate of drug-likeness (QED) is 0.380. The molecule has 0 radical (unpaired) electrons. The van der Waals surface area contributed by atoms with Crippen molar-refractivity contribution in [1.29, 1.82) is 0 Å². The molecule has 0 saturated heterocycles. The number of aliphatic carboxylic acids is 1. The number of carbonyl (C=O) groups excluding carboxylic acids is 2. The molecule has 0 unspecified atom stereocenters. The van der Waals surface area contributed by atoms with Gasteiger partial charge < -0.3 is 5.11 Å². The zero-order chi connectivity index (χ0) is 21.3. The molecule has 0 aromatic heterocycles. The minimum atomic E-state index is -3.30. The van der Waals surface area contributed by atoms with Crippen LogP contribution >= 0.6 is 0 Å². The monoisotopic (exact) mass is 402 g/mol. The Morgan fingerprint density at radius 1 is 1.07 bits per heavy atom. The molecule has 0 aromatic rings. The van der Waals surface area contributed by atoms with Crippen LogP contribution in [0.25, 0.3) is 0 Å². The molecule has 1 saturated carbocycles. The summed E-state index contributed by atoms with van der Waals surface area (Å²) in [5.74, 6) is -5.87. The molecule has 162 valence electrons. The summed E-state index contributed by atoms with van der Waals surface area (Å²) in [6.45, 7) is 5.17. The Hall–Kier alpha value is -1.33. The Balaban J connectivity index is 2.43. The van der Waals surface area contributed by atoms with Crippen LogP contribution in [-0.2, 0) is 14.4 Å². The van der Waals surface area contributed by atoms with Crippen LogP contribution in [0, 0.1) is 23.7 Å². The van der Waals surface area contributed by atoms with Crippen molar-refractivity contribution >= 4 is 17.5 Å². The lowest BCUT2D eigenvalue weighted by Crippen LogP contribution is -2.36. The molecule has 28 heavy (non-hydrogen) atoms. The van der Waals surface area contributed by atoms with E-state index in [0.29, 0.717) is 38.5 Å². The Bertz CT molecular complexity index is 531. The number of hydrogen-bond acceptors (Lipinski definition) is 3. The van der Waals surface area contributed by atoms with E-state index in [9.17, 15) is 23.2 Å². The Kier molecular flexibility index (Phi) is 10.3. The first kappa shape index (κ1) is 24.7. The molecule has 0 aromatic carbocycles. The molecule has 1 aliphatic carbocycles. The first-order chi connectivity index (χ1) is 13.1. The summed E-state index contributed by atoms with van der Waals surface area (Å²) >= 11 is 0. The lowest BCUT2D eigenvalue weighted by atomic mass is 9.84. The summed E-state index contributed by atoms with van der Waals surface area (Å²) in [6, 6.07) is 0. The third-order valence-electron chi connectivity index (χ3n) is 5.96. The van der Waals surface area contributed by atoms with Crippen LogP contribution in [0.15, 0.2) is 0 Å². The smallest absolute Gasteiger partial charge is 0.307 e. The molecule has 0 heterocycles. The van der Waals surface area contributed by atoms with E-state index in [2.05, 4.69) is 0 Å². The van der Waals surface area contributed by atoms with Gasteiger partial charge in [-0.3, -0.25) is 14.4 Å². The first-order valence-corrected chi connectivity index (χ1v) is 10.7. The van der Waals surface area contributed by atoms with Gasteiger partial charge in [0.2, 0.25) is 5.78 Å². The van der Waals surface area contributed by atoms with Crippen molar-refractivity contribution in [3.8, 4) is 0 Å². The normalized spacial score (nSPS) is 21.3. The standard InChI is InChI=1S/C22H36F2O4/c1-15(2)14-16(3)22(23,24)20(26)13-11-17-10-12-19(25)18(17)8-6-4-5-7-9-21(27)28/h15-18H,4-14H2,1-3H3,(H,27,28)/t16-,17-,18-/m1/s1. The van der Waals surface area contributed by atoms with Crippen LogP contribution in [0.3, 0.4) is 0 Å². The van der Waals surface area contributed by atoms with Crippen LogP contribution < -0.4 is 0 Å². The average Bonchev–Trinajstić information content (AvgIpc) is 2.94. The summed E-state index contributed by atoms with van der Waals surface area (Å²) in [6.07, 6.45) is 5.69. The van der Waals surface area contributed by atoms with Crippen molar-refractivity contribution in [2.24, 2.45) is 23.7 Å². The SMILES string of the molecule is CC(C)C[C@@H](C)C(F)(F)C(=O)CC[C@H]1CCC(=O)[C@@H]1CCCCCCC(=O)O. The number of ketones is 2. The molecular weight excluding hydrogens is 366 g/mol. The molecule has 0 bridgehead atoms. The molecule has 1 rings (SSSR count). The molecule has 0 spiro atoms. The number of halogens is 2. The number of carbonyl (C=O) groups is 3. The van der Waals surface area contributed by atoms with E-state index in [-0.39, 0.29) is 36.4 Å². The summed E-state index contributed by atoms with van der Waals surface area (Å²) in [5.41, 5.74) is 0. The Morgan fingerprint density at radius 2 is 1.71 bits per heavy atom. The zero-order valence-electron chi connectivity index (χ0n) is 17.5. The van der Waals surface area contributed by atoms with Crippen molar-refractivity contribution in [2.45, 2.75) is 97.3 Å². The van der Waals surface area contributed by atoms with E-state index in [0.717, 1.165) is 19.3 Å². The number of unbranched alkanes of at least 4 members (excludes halogenated alkanes) is 3. The molecule has 0 aliphatic heterocycles. The van der Waals surface area contributed by atoms with Crippen molar-refractivity contribution in [3.05, 3.63) is 0 Å². The van der Waals surface area contributed by atoms with E-state index in [1.54, 1.807) is 0 Å². The summed E-state index contributed by atoms with van der Waals surface area (Å²) < 4.78 is 28.7. The second kappa shape index (κ2) is 11.6. The van der Waals surface area contributed by atoms with Gasteiger partial charge in [-0.25, -0.2) is 0 Å². The first-order valence-electron chi connectivity index (χ1n) is 10.7. The molecule has 0 amide bonds. The Labute approximate surface area is 167 Å². The van der Waals surface area contributed by atoms with Gasteiger partial charge in [-0.15, -0.1) is 0 Å². The fourth-order valence-corrected chi connectivity index (χ4v) is 4.33. The van der Waals surface area contributed by atoms with Crippen LogP contribution in [0.4, 0.5) is 8.78 Å². The zero-order valence-corrected chi connectivity index (χ0v) is 17.5. The maximum absolute atomic E-state index is 14.3. The number of carboxylic acids is 1. The molecule has 1 N–H and O–H groups in total. The minimum absolute atomic E-state index is 0.0201. The predicted molar refractivity (Wildman–Crippen MR) is 104 cm³/mol. The van der Waals surface area contributed by atoms with Crippen LogP contribution in [0.2, 0.25) is 0 Å². The third kappa shape index (κ3) is 7.96. The maximum Gasteiger partial charge on any atom is 0.307 e. The topological polar surface area (TPSA) is 71.4 Å². The number of hydrogen-bond donors (Lipinski definition) is 1. The predicted octanol–water partition coefficient (Wildman–Crippen LogP) is 5.67. The van der Waals surface area contributed by atoms with Gasteiger partial charge in [-0.1, -0.05) is 40.0 Å². The van der Waals surface area contributed by atoms with E-state index in [1.807, 2.05) is 13.8 Å². The molecule has 1 fully saturated rings. The van der Waals surface area contributed by atoms with Crippen molar-refractivity contribution in [1.82, 2.24) is 0 Å². The highest BCUT2D eigenvalue weighted by Crippen LogP contribution is 2.38. The lowest BCUT2D eigenvalue weighted by Gasteiger charge is -2.25. The second-order valence-corrected chi connectivity index (χ2v) is 8.83. The van der Waals surface area contributed by atoms with Crippen LogP contribution in [0.1, 0.15) is 91.4 Å². The van der Waals surface area contributed by atoms with Crippen molar-refractivity contribution in [3.63, 3.8) is 0 Å². The molecule has 1 aliphatic rings. The van der Waals surface area contributed by atoms with Gasteiger partial charge in [0.25, 0.3) is 0 Å². The van der Waals surface area contributed by atoms with Gasteiger partial charge in [0, 0.05) is 31.1 Å². The highest BCUT2D eigenvalue weighted by molar-refractivity contribution is 5.86. The fourth-order valence-electron chi connectivity index (χ4n) is 4.33. The number of rotatable bonds is 14. The van der Waals surface area contributed by atoms with Gasteiger partial charge >= 0.3 is 11.9 Å². The Morgan fingerprint density at radius 3 is 2.32 bits per heavy atom. The van der Waals surface area contributed by atoms with E-state index in [1.165, 1.54) is 6.92 Å². The van der Waals surface area contributed by atoms with Gasteiger partial charge in [0.05, 0.1) is 0 Å². The van der Waals surface area contributed by atoms with E-state index in [4.69, 9.17) is 5.11 Å². The third-order valence-corrected chi connectivity index (χ3v) is 5.96. The summed E-state index contributed by atoms with van der Waals surface area (Å²) in [7, 11) is 0. The van der Waals surface area contributed by atoms with Gasteiger partial charge in [-0.05, 0) is 43.9 Å². The molecular formula is C22H36F2O4. The van der Waals surface area contributed by atoms with Crippen LogP contribution in [0.5, 0.6) is 0 Å². The number of Topliss-reactive ketones (excluding diaryl/α,β-unsaturated/α-hetero) is 2. The van der Waals surface area contributed by atoms with E-state index >= 15 is 0 Å². The highest BCUT2D eigenvalue weighted by atomic mass is 19.3. The average molecular weight is 403 g/mol. The maximum atomic E-state index is 14.3. The molecule has 4 nitrogen and oxygen atoms in total.